The van der Waals surface area contributed by atoms with Crippen LogP contribution in [-0.4, -0.2) is 6.04 Å². The van der Waals surface area contributed by atoms with Gasteiger partial charge in [-0.1, -0.05) is 26.3 Å². The second-order valence-corrected chi connectivity index (χ2v) is 2.80. The Kier molecular flexibility index (Phi) is 6.67. The highest BCUT2D eigenvalue weighted by Crippen LogP contribution is 2.09. The summed E-state index contributed by atoms with van der Waals surface area (Å²) in [4.78, 5) is 0. The van der Waals surface area contributed by atoms with Crippen LogP contribution in [-0.2, 0) is 0 Å². The van der Waals surface area contributed by atoms with Crippen molar-refractivity contribution in [3.05, 3.63) is 24.1 Å². The van der Waals surface area contributed by atoms with Crippen molar-refractivity contribution in [3.63, 3.8) is 0 Å². The summed E-state index contributed by atoms with van der Waals surface area (Å²) >= 11 is 0. The number of hydrogen-bond acceptors (Lipinski definition) is 1. The van der Waals surface area contributed by atoms with Gasteiger partial charge in [0.1, 0.15) is 0 Å². The average molecular weight is 171 g/mol. The van der Waals surface area contributed by atoms with Gasteiger partial charge in [-0.2, -0.15) is 0 Å². The van der Waals surface area contributed by atoms with Crippen molar-refractivity contribution in [2.75, 3.05) is 0 Å². The van der Waals surface area contributed by atoms with Gasteiger partial charge in [0.15, 0.2) is 0 Å². The van der Waals surface area contributed by atoms with Crippen LogP contribution in [0.3, 0.4) is 0 Å². The van der Waals surface area contributed by atoms with Crippen LogP contribution in [0.2, 0.25) is 0 Å². The highest BCUT2D eigenvalue weighted by Gasteiger charge is 2.03. The lowest BCUT2D eigenvalue weighted by atomic mass is 10.0. The van der Waals surface area contributed by atoms with Crippen molar-refractivity contribution >= 4 is 0 Å². The second-order valence-electron chi connectivity index (χ2n) is 2.80. The number of nitrogens with two attached hydrogens (primary N) is 1. The minimum absolute atomic E-state index is 0.0121. The van der Waals surface area contributed by atoms with Crippen LogP contribution in [0.1, 0.15) is 33.1 Å². The predicted molar refractivity (Wildman–Crippen MR) is 51.5 cm³/mol. The molecule has 0 saturated carbocycles. The molecule has 0 heterocycles. The third kappa shape index (κ3) is 4.29. The molecule has 0 aliphatic heterocycles. The third-order valence-electron chi connectivity index (χ3n) is 1.72. The maximum atomic E-state index is 11.9. The molecule has 1 unspecified atom stereocenters. The Morgan fingerprint density at radius 2 is 2.17 bits per heavy atom. The number of halogens is 1. The third-order valence-corrected chi connectivity index (χ3v) is 1.72. The SMILES string of the molecule is CC/C=C(\C=C/F)C(N)CCC. The van der Waals surface area contributed by atoms with E-state index in [1.807, 2.05) is 13.0 Å². The molecular formula is C10H18FN. The van der Waals surface area contributed by atoms with Crippen molar-refractivity contribution in [1.82, 2.24) is 0 Å². The Bertz CT molecular complexity index is 161. The zero-order valence-corrected chi connectivity index (χ0v) is 7.89. The van der Waals surface area contributed by atoms with Crippen LogP contribution in [0.25, 0.3) is 0 Å². The van der Waals surface area contributed by atoms with Crippen LogP contribution < -0.4 is 5.73 Å². The molecule has 0 fully saturated rings. The first-order chi connectivity index (χ1) is 5.76. The molecular weight excluding hydrogens is 153 g/mol. The molecule has 0 aliphatic rings. The molecule has 0 aromatic heterocycles. The molecule has 0 aliphatic carbocycles. The second kappa shape index (κ2) is 7.04. The summed E-state index contributed by atoms with van der Waals surface area (Å²) in [7, 11) is 0. The van der Waals surface area contributed by atoms with E-state index < -0.39 is 0 Å². The van der Waals surface area contributed by atoms with E-state index in [4.69, 9.17) is 5.73 Å². The maximum Gasteiger partial charge on any atom is 0.0870 e. The van der Waals surface area contributed by atoms with E-state index in [0.29, 0.717) is 6.33 Å². The van der Waals surface area contributed by atoms with Crippen molar-refractivity contribution < 1.29 is 4.39 Å². The minimum atomic E-state index is -0.0121. The summed E-state index contributed by atoms with van der Waals surface area (Å²) in [6, 6.07) is -0.0121. The van der Waals surface area contributed by atoms with Crippen molar-refractivity contribution in [2.45, 2.75) is 39.2 Å². The Balaban J connectivity index is 4.19. The maximum absolute atomic E-state index is 11.9. The molecule has 0 spiro atoms. The van der Waals surface area contributed by atoms with Crippen molar-refractivity contribution in [3.8, 4) is 0 Å². The predicted octanol–water partition coefficient (Wildman–Crippen LogP) is 2.93. The molecule has 0 radical (unpaired) electrons. The standard InChI is InChI=1S/C10H18FN/c1-3-5-9(7-8-11)10(12)6-4-2/h5,7-8,10H,3-4,6,12H2,1-2H3/b8-7-,9-5+. The summed E-state index contributed by atoms with van der Waals surface area (Å²) in [5, 5.41) is 0. The molecule has 1 nitrogen and oxygen atoms in total. The van der Waals surface area contributed by atoms with Gasteiger partial charge in [0, 0.05) is 6.04 Å². The van der Waals surface area contributed by atoms with Crippen LogP contribution in [0.15, 0.2) is 24.1 Å². The van der Waals surface area contributed by atoms with E-state index in [-0.39, 0.29) is 6.04 Å². The molecule has 0 amide bonds. The molecule has 0 rings (SSSR count). The van der Waals surface area contributed by atoms with Gasteiger partial charge in [0.05, 0.1) is 6.33 Å². The normalized spacial score (nSPS) is 15.5. The highest BCUT2D eigenvalue weighted by molar-refractivity contribution is 5.22. The highest BCUT2D eigenvalue weighted by atomic mass is 19.1. The summed E-state index contributed by atoms with van der Waals surface area (Å²) < 4.78 is 11.9. The first-order valence-corrected chi connectivity index (χ1v) is 4.48. The largest absolute Gasteiger partial charge is 0.324 e. The molecule has 0 saturated heterocycles. The van der Waals surface area contributed by atoms with E-state index >= 15 is 0 Å². The molecule has 2 N–H and O–H groups in total. The fourth-order valence-electron chi connectivity index (χ4n) is 1.13. The summed E-state index contributed by atoms with van der Waals surface area (Å²) in [5.74, 6) is 0. The van der Waals surface area contributed by atoms with Gasteiger partial charge in [-0.3, -0.25) is 0 Å². The quantitative estimate of drug-likeness (QED) is 0.632. The number of rotatable bonds is 5. The van der Waals surface area contributed by atoms with Gasteiger partial charge < -0.3 is 5.73 Å². The Morgan fingerprint density at radius 3 is 2.58 bits per heavy atom. The van der Waals surface area contributed by atoms with Crippen LogP contribution in [0, 0.1) is 0 Å². The molecule has 0 aromatic carbocycles. The van der Waals surface area contributed by atoms with Crippen LogP contribution >= 0.6 is 0 Å². The lowest BCUT2D eigenvalue weighted by molar-refractivity contribution is 0.673. The molecule has 0 aromatic rings. The van der Waals surface area contributed by atoms with E-state index in [9.17, 15) is 4.39 Å². The van der Waals surface area contributed by atoms with Gasteiger partial charge in [-0.05, 0) is 24.5 Å². The fraction of sp³-hybridized carbons (Fsp3) is 0.600. The van der Waals surface area contributed by atoms with Crippen LogP contribution in [0.5, 0.6) is 0 Å². The van der Waals surface area contributed by atoms with Gasteiger partial charge >= 0.3 is 0 Å². The number of hydrogen-bond donors (Lipinski definition) is 1. The fourth-order valence-corrected chi connectivity index (χ4v) is 1.13. The first-order valence-electron chi connectivity index (χ1n) is 4.48. The van der Waals surface area contributed by atoms with Gasteiger partial charge in [-0.25, -0.2) is 4.39 Å². The lowest BCUT2D eigenvalue weighted by Crippen LogP contribution is -2.21. The summed E-state index contributed by atoms with van der Waals surface area (Å²) in [6.45, 7) is 4.09. The summed E-state index contributed by atoms with van der Waals surface area (Å²) in [6.07, 6.45) is 6.81. The molecule has 2 heteroatoms. The zero-order chi connectivity index (χ0) is 9.40. The van der Waals surface area contributed by atoms with Gasteiger partial charge in [0.2, 0.25) is 0 Å². The smallest absolute Gasteiger partial charge is 0.0870 e. The van der Waals surface area contributed by atoms with E-state index in [1.54, 1.807) is 0 Å². The molecule has 70 valence electrons. The van der Waals surface area contributed by atoms with E-state index in [2.05, 4.69) is 6.92 Å². The van der Waals surface area contributed by atoms with Crippen molar-refractivity contribution in [2.24, 2.45) is 5.73 Å². The van der Waals surface area contributed by atoms with Gasteiger partial charge in [-0.15, -0.1) is 0 Å². The Hall–Kier alpha value is -0.630. The molecule has 0 bridgehead atoms. The topological polar surface area (TPSA) is 26.0 Å². The first kappa shape index (κ1) is 11.4. The average Bonchev–Trinajstić information content (AvgIpc) is 2.04. The Morgan fingerprint density at radius 1 is 1.50 bits per heavy atom. The van der Waals surface area contributed by atoms with Crippen molar-refractivity contribution in [1.29, 1.82) is 0 Å². The monoisotopic (exact) mass is 171 g/mol. The lowest BCUT2D eigenvalue weighted by Gasteiger charge is -2.10. The minimum Gasteiger partial charge on any atom is -0.324 e. The summed E-state index contributed by atoms with van der Waals surface area (Å²) in [5.41, 5.74) is 6.72. The van der Waals surface area contributed by atoms with Gasteiger partial charge in [0.25, 0.3) is 0 Å². The van der Waals surface area contributed by atoms with Crippen LogP contribution in [0.4, 0.5) is 4.39 Å². The Labute approximate surface area is 74.1 Å². The molecule has 12 heavy (non-hydrogen) atoms. The van der Waals surface area contributed by atoms with E-state index in [1.165, 1.54) is 6.08 Å². The van der Waals surface area contributed by atoms with E-state index in [0.717, 1.165) is 24.8 Å². The number of allylic oxidation sites excluding steroid dienone is 1. The molecule has 1 atom stereocenters. The zero-order valence-electron chi connectivity index (χ0n) is 7.89.